The van der Waals surface area contributed by atoms with E-state index in [1.54, 1.807) is 11.5 Å². The van der Waals surface area contributed by atoms with Crippen molar-refractivity contribution in [1.29, 1.82) is 0 Å². The monoisotopic (exact) mass is 812 g/mol. The van der Waals surface area contributed by atoms with Gasteiger partial charge in [0.1, 0.15) is 5.54 Å². The van der Waals surface area contributed by atoms with Crippen molar-refractivity contribution in [3.63, 3.8) is 0 Å². The number of alkyl halides is 8. The summed E-state index contributed by atoms with van der Waals surface area (Å²) in [4.78, 5) is 50.9. The minimum Gasteiger partial charge on any atom is -0.479 e. The molecule has 5 atom stereocenters. The summed E-state index contributed by atoms with van der Waals surface area (Å²) < 4.78 is 113. The number of carbonyl (C=O) groups is 3. The number of benzene rings is 1. The molecule has 310 valence electrons. The van der Waals surface area contributed by atoms with Crippen LogP contribution in [0.4, 0.5) is 35.1 Å². The molecule has 4 fully saturated rings. The van der Waals surface area contributed by atoms with Crippen LogP contribution in [0.3, 0.4) is 0 Å². The molecule has 2 bridgehead atoms. The third-order valence-electron chi connectivity index (χ3n) is 12.6. The van der Waals surface area contributed by atoms with E-state index in [2.05, 4.69) is 15.3 Å². The third-order valence-corrected chi connectivity index (χ3v) is 12.6. The Balaban J connectivity index is 1.24. The van der Waals surface area contributed by atoms with Gasteiger partial charge >= 0.3 is 18.3 Å². The number of carbonyl (C=O) groups excluding carboxylic acids is 2. The number of amides is 2. The Bertz CT molecular complexity index is 2030. The van der Waals surface area contributed by atoms with Gasteiger partial charge in [0.2, 0.25) is 5.92 Å². The summed E-state index contributed by atoms with van der Waals surface area (Å²) in [5.74, 6) is -7.04. The second kappa shape index (κ2) is 14.8. The number of nitrogens with zero attached hydrogens (tertiary/aromatic N) is 5. The Hall–Kier alpha value is -4.35. The van der Waals surface area contributed by atoms with Crippen LogP contribution in [0.2, 0.25) is 0 Å². The van der Waals surface area contributed by atoms with Crippen LogP contribution >= 0.6 is 0 Å². The number of piperazine rings is 1. The predicted octanol–water partition coefficient (Wildman–Crippen LogP) is 7.83. The third kappa shape index (κ3) is 8.06. The van der Waals surface area contributed by atoms with Gasteiger partial charge in [0.05, 0.1) is 12.1 Å². The largest absolute Gasteiger partial charge is 0.479 e. The lowest BCUT2D eigenvalue weighted by molar-refractivity contribution is -0.155. The average molecular weight is 813 g/mol. The summed E-state index contributed by atoms with van der Waals surface area (Å²) in [6.45, 7) is 2.61. The average Bonchev–Trinajstić information content (AvgIpc) is 3.50. The zero-order chi connectivity index (χ0) is 41.2. The molecule has 7 rings (SSSR count). The maximum atomic E-state index is 14.8. The highest BCUT2D eigenvalue weighted by atomic mass is 19.4. The number of aliphatic carboxylic acids is 1. The molecule has 0 radical (unpaired) electrons. The van der Waals surface area contributed by atoms with Gasteiger partial charge in [-0.05, 0) is 74.3 Å². The van der Waals surface area contributed by atoms with E-state index < -0.39 is 95.9 Å². The molecule has 3 aromatic rings. The van der Waals surface area contributed by atoms with Crippen LogP contribution in [0.5, 0.6) is 0 Å². The molecule has 3 aliphatic carbocycles. The number of carboxylic acid groups (broad SMARTS) is 1. The van der Waals surface area contributed by atoms with Crippen LogP contribution in [0.25, 0.3) is 22.3 Å². The minimum absolute atomic E-state index is 0.00618. The topological polar surface area (TPSA) is 121 Å². The minimum atomic E-state index is -5.18. The molecular formula is C39H44F8N6O4. The molecule has 1 aromatic carbocycles. The number of hydrogen-bond donors (Lipinski definition) is 2. The first kappa shape index (κ1) is 40.8. The Morgan fingerprint density at radius 1 is 0.947 bits per heavy atom. The quantitative estimate of drug-likeness (QED) is 0.234. The maximum absolute atomic E-state index is 14.8. The van der Waals surface area contributed by atoms with Gasteiger partial charge in [-0.3, -0.25) is 14.5 Å². The first-order chi connectivity index (χ1) is 26.6. The van der Waals surface area contributed by atoms with E-state index in [0.29, 0.717) is 30.2 Å². The van der Waals surface area contributed by atoms with Gasteiger partial charge in [-0.25, -0.2) is 23.5 Å². The summed E-state index contributed by atoms with van der Waals surface area (Å²) in [5.41, 5.74) is -3.80. The van der Waals surface area contributed by atoms with Gasteiger partial charge < -0.3 is 19.9 Å². The number of fused-ring (bicyclic) bond motifs is 3. The summed E-state index contributed by atoms with van der Waals surface area (Å²) >= 11 is 0. The van der Waals surface area contributed by atoms with Gasteiger partial charge in [-0.2, -0.15) is 26.3 Å². The van der Waals surface area contributed by atoms with E-state index in [1.165, 1.54) is 34.2 Å². The van der Waals surface area contributed by atoms with Crippen LogP contribution in [0.1, 0.15) is 97.7 Å². The number of carboxylic acids is 1. The summed E-state index contributed by atoms with van der Waals surface area (Å²) in [6.07, 6.45) is -5.84. The Kier molecular flexibility index (Phi) is 10.6. The highest BCUT2D eigenvalue weighted by Crippen LogP contribution is 2.51. The maximum Gasteiger partial charge on any atom is 0.434 e. The van der Waals surface area contributed by atoms with Crippen LogP contribution in [0, 0.1) is 23.7 Å². The Morgan fingerprint density at radius 3 is 2.26 bits per heavy atom. The lowest BCUT2D eigenvalue weighted by Crippen LogP contribution is -2.66. The first-order valence-electron chi connectivity index (χ1n) is 19.3. The van der Waals surface area contributed by atoms with Gasteiger partial charge in [0, 0.05) is 79.5 Å². The Labute approximate surface area is 323 Å². The SMILES string of the molecule is CC1CC2CC(C)C(NC(=O)c3cnc(-c4cn(C5CCC(F)(F)CC5)c5cc(C(=O)N6CCN(CC(F)(F)F)CC6)ccc45)nc3C(F)(F)F)(C(=O)O)C(C1)C2. The number of hydrogen-bond acceptors (Lipinski definition) is 6. The van der Waals surface area contributed by atoms with Crippen molar-refractivity contribution in [3.8, 4) is 11.4 Å². The van der Waals surface area contributed by atoms with Crippen LogP contribution in [-0.2, 0) is 11.0 Å². The highest BCUT2D eigenvalue weighted by molar-refractivity contribution is 6.02. The van der Waals surface area contributed by atoms with Crippen molar-refractivity contribution in [2.75, 3.05) is 32.7 Å². The molecule has 2 N–H and O–H groups in total. The molecule has 1 aliphatic heterocycles. The normalized spacial score (nSPS) is 27.4. The predicted molar refractivity (Wildman–Crippen MR) is 190 cm³/mol. The molecule has 10 nitrogen and oxygen atoms in total. The fourth-order valence-electron chi connectivity index (χ4n) is 9.92. The van der Waals surface area contributed by atoms with E-state index in [9.17, 15) is 54.6 Å². The van der Waals surface area contributed by atoms with Crippen molar-refractivity contribution >= 4 is 28.7 Å². The lowest BCUT2D eigenvalue weighted by Gasteiger charge is -2.52. The zero-order valence-electron chi connectivity index (χ0n) is 31.4. The van der Waals surface area contributed by atoms with E-state index >= 15 is 0 Å². The number of aromatic nitrogens is 3. The van der Waals surface area contributed by atoms with Crippen LogP contribution in [0.15, 0.2) is 30.6 Å². The molecule has 3 heterocycles. The van der Waals surface area contributed by atoms with Crippen molar-refractivity contribution in [2.45, 2.75) is 95.1 Å². The lowest BCUT2D eigenvalue weighted by atomic mass is 9.56. The van der Waals surface area contributed by atoms with E-state index in [1.807, 2.05) is 6.92 Å². The summed E-state index contributed by atoms with van der Waals surface area (Å²) in [7, 11) is 0. The fraction of sp³-hybridized carbons (Fsp3) is 0.615. The Morgan fingerprint density at radius 2 is 1.63 bits per heavy atom. The number of halogens is 8. The van der Waals surface area contributed by atoms with Crippen molar-refractivity contribution < 1.29 is 54.6 Å². The number of nitrogens with one attached hydrogen (secondary N) is 1. The van der Waals surface area contributed by atoms with Gasteiger partial charge in [-0.1, -0.05) is 19.9 Å². The highest BCUT2D eigenvalue weighted by Gasteiger charge is 2.57. The van der Waals surface area contributed by atoms with E-state index in [0.717, 1.165) is 12.6 Å². The van der Waals surface area contributed by atoms with Crippen LogP contribution < -0.4 is 5.32 Å². The molecule has 57 heavy (non-hydrogen) atoms. The smallest absolute Gasteiger partial charge is 0.434 e. The molecule has 0 spiro atoms. The van der Waals surface area contributed by atoms with Gasteiger partial charge in [-0.15, -0.1) is 0 Å². The first-order valence-corrected chi connectivity index (χ1v) is 19.3. The zero-order valence-corrected chi connectivity index (χ0v) is 31.4. The van der Waals surface area contributed by atoms with Crippen molar-refractivity contribution in [1.82, 2.24) is 29.7 Å². The van der Waals surface area contributed by atoms with E-state index in [4.69, 9.17) is 0 Å². The summed E-state index contributed by atoms with van der Waals surface area (Å²) in [5, 5.41) is 13.3. The van der Waals surface area contributed by atoms with Gasteiger partial charge in [0.15, 0.2) is 11.5 Å². The van der Waals surface area contributed by atoms with E-state index in [-0.39, 0.29) is 62.0 Å². The second-order valence-corrected chi connectivity index (χ2v) is 16.5. The summed E-state index contributed by atoms with van der Waals surface area (Å²) in [6, 6.07) is 3.85. The van der Waals surface area contributed by atoms with Crippen LogP contribution in [-0.4, -0.2) is 97.6 Å². The molecule has 1 saturated heterocycles. The van der Waals surface area contributed by atoms with Crippen molar-refractivity contribution in [2.24, 2.45) is 23.7 Å². The molecule has 5 unspecified atom stereocenters. The molecular weight excluding hydrogens is 768 g/mol. The molecule has 3 saturated carbocycles. The molecule has 4 aliphatic rings. The van der Waals surface area contributed by atoms with Crippen molar-refractivity contribution in [3.05, 3.63) is 47.4 Å². The molecule has 2 aromatic heterocycles. The second-order valence-electron chi connectivity index (χ2n) is 16.5. The molecule has 2 amide bonds. The fourth-order valence-corrected chi connectivity index (χ4v) is 9.92. The standard InChI is InChI=1S/C39H44F8N6O4/c1-21-13-23-15-22(2)38(35(56)57,25(14-21)16-23)50-33(54)28-18-48-32(49-31(28)39(45,46)47)29-19-53(26-5-7-36(40,41)8-6-26)30-17-24(3-4-27(29)30)34(55)52-11-9-51(10-12-52)20-37(42,43)44/h3-4,17-19,21-23,25-26H,5-16,20H2,1-2H3,(H,50,54)(H,56,57). The van der Waals surface area contributed by atoms with Gasteiger partial charge in [0.25, 0.3) is 11.8 Å². The number of rotatable bonds is 7. The molecule has 18 heteroatoms.